The van der Waals surface area contributed by atoms with E-state index in [0.717, 1.165) is 25.9 Å². The van der Waals surface area contributed by atoms with Gasteiger partial charge in [-0.3, -0.25) is 4.79 Å². The Morgan fingerprint density at radius 1 is 1.50 bits per heavy atom. The van der Waals surface area contributed by atoms with Crippen molar-refractivity contribution in [3.05, 3.63) is 0 Å². The van der Waals surface area contributed by atoms with E-state index in [0.29, 0.717) is 12.5 Å². The van der Waals surface area contributed by atoms with E-state index in [1.54, 1.807) is 0 Å². The predicted octanol–water partition coefficient (Wildman–Crippen LogP) is -0.526. The summed E-state index contributed by atoms with van der Waals surface area (Å²) in [7, 11) is 0. The van der Waals surface area contributed by atoms with Gasteiger partial charge < -0.3 is 10.2 Å². The Labute approximate surface area is 96.6 Å². The maximum atomic E-state index is 11.8. The molecule has 0 bridgehead atoms. The van der Waals surface area contributed by atoms with E-state index in [1.165, 1.54) is 17.7 Å². The van der Waals surface area contributed by atoms with Crippen LogP contribution in [0.2, 0.25) is 0 Å². The van der Waals surface area contributed by atoms with Crippen molar-refractivity contribution in [1.29, 1.82) is 5.26 Å². The van der Waals surface area contributed by atoms with Crippen LogP contribution in [0.25, 0.3) is 0 Å². The highest BCUT2D eigenvalue weighted by molar-refractivity contribution is 5.78. The normalized spacial score (nSPS) is 24.8. The number of carbonyl (C=O) groups excluding carboxylic acids is 1. The van der Waals surface area contributed by atoms with Gasteiger partial charge in [-0.15, -0.1) is 0 Å². The third kappa shape index (κ3) is 2.53. The average Bonchev–Trinajstić information content (AvgIpc) is 3.00. The first-order valence-corrected chi connectivity index (χ1v) is 6.20. The summed E-state index contributed by atoms with van der Waals surface area (Å²) < 4.78 is 0. The quantitative estimate of drug-likeness (QED) is 0.672. The zero-order valence-electron chi connectivity index (χ0n) is 9.88. The van der Waals surface area contributed by atoms with Crippen LogP contribution in [0.5, 0.6) is 0 Å². The Bertz CT molecular complexity index is 313. The van der Waals surface area contributed by atoms with Gasteiger partial charge in [0.15, 0.2) is 6.54 Å². The van der Waals surface area contributed by atoms with Crippen LogP contribution >= 0.6 is 0 Å². The van der Waals surface area contributed by atoms with Crippen LogP contribution in [0.1, 0.15) is 32.6 Å². The lowest BCUT2D eigenvalue weighted by atomic mass is 9.98. The van der Waals surface area contributed by atoms with Gasteiger partial charge in [-0.05, 0) is 25.7 Å². The number of carbonyl (C=O) groups is 1. The topological polar surface area (TPSA) is 57.3 Å². The number of nitriles is 1. The summed E-state index contributed by atoms with van der Waals surface area (Å²) in [4.78, 5) is 13.2. The smallest absolute Gasteiger partial charge is 0.276 e. The number of hydrogen-bond acceptors (Lipinski definition) is 2. The maximum absolute atomic E-state index is 11.8. The van der Waals surface area contributed by atoms with Crippen molar-refractivity contribution < 1.29 is 9.69 Å². The first-order valence-electron chi connectivity index (χ1n) is 6.20. The molecule has 0 aromatic rings. The Hall–Kier alpha value is -1.08. The second kappa shape index (κ2) is 4.42. The molecule has 1 saturated carbocycles. The van der Waals surface area contributed by atoms with E-state index in [2.05, 4.69) is 11.4 Å². The van der Waals surface area contributed by atoms with Crippen LogP contribution in [0.15, 0.2) is 0 Å². The number of nitrogens with one attached hydrogen (secondary N) is 2. The van der Waals surface area contributed by atoms with Crippen molar-refractivity contribution in [3.8, 4) is 6.07 Å². The molecule has 4 heteroatoms. The van der Waals surface area contributed by atoms with Crippen LogP contribution in [0.3, 0.4) is 0 Å². The molecule has 2 N–H and O–H groups in total. The van der Waals surface area contributed by atoms with Gasteiger partial charge in [0.05, 0.1) is 19.2 Å². The molecule has 0 aromatic heterocycles. The molecule has 2 aliphatic rings. The van der Waals surface area contributed by atoms with Gasteiger partial charge in [0, 0.05) is 12.8 Å². The van der Waals surface area contributed by atoms with E-state index in [-0.39, 0.29) is 5.91 Å². The van der Waals surface area contributed by atoms with Gasteiger partial charge in [-0.2, -0.15) is 5.26 Å². The highest BCUT2D eigenvalue weighted by atomic mass is 16.2. The summed E-state index contributed by atoms with van der Waals surface area (Å²) in [6.45, 7) is 4.58. The minimum Gasteiger partial charge on any atom is -0.333 e. The third-order valence-electron chi connectivity index (χ3n) is 3.75. The zero-order chi connectivity index (χ0) is 11.6. The molecule has 1 aliphatic carbocycles. The van der Waals surface area contributed by atoms with E-state index in [9.17, 15) is 4.79 Å². The van der Waals surface area contributed by atoms with E-state index in [4.69, 9.17) is 5.26 Å². The van der Waals surface area contributed by atoms with Crippen molar-refractivity contribution in [2.24, 2.45) is 5.92 Å². The molecule has 2 fully saturated rings. The van der Waals surface area contributed by atoms with Crippen LogP contribution in [0, 0.1) is 17.2 Å². The summed E-state index contributed by atoms with van der Waals surface area (Å²) >= 11 is 0. The zero-order valence-corrected chi connectivity index (χ0v) is 9.88. The van der Waals surface area contributed by atoms with Crippen molar-refractivity contribution in [1.82, 2.24) is 5.32 Å². The van der Waals surface area contributed by atoms with Crippen LogP contribution in [0.4, 0.5) is 0 Å². The molecule has 88 valence electrons. The minimum atomic E-state index is -0.629. The Kier molecular flexibility index (Phi) is 3.15. The maximum Gasteiger partial charge on any atom is 0.276 e. The molecule has 1 heterocycles. The molecule has 0 radical (unpaired) electrons. The molecule has 2 rings (SSSR count). The summed E-state index contributed by atoms with van der Waals surface area (Å²) in [5.41, 5.74) is -0.629. The summed E-state index contributed by atoms with van der Waals surface area (Å²) in [6.07, 6.45) is 4.59. The van der Waals surface area contributed by atoms with Gasteiger partial charge in [0.25, 0.3) is 5.91 Å². The lowest BCUT2D eigenvalue weighted by molar-refractivity contribution is -0.879. The molecule has 1 amide bonds. The average molecular weight is 222 g/mol. The second-order valence-corrected chi connectivity index (χ2v) is 5.27. The number of amides is 1. The fraction of sp³-hybridized carbons (Fsp3) is 0.833. The Morgan fingerprint density at radius 3 is 2.62 bits per heavy atom. The van der Waals surface area contributed by atoms with Crippen LogP contribution < -0.4 is 10.2 Å². The Morgan fingerprint density at radius 2 is 2.12 bits per heavy atom. The number of likely N-dealkylation sites (tertiary alicyclic amines) is 1. The molecule has 0 unspecified atom stereocenters. The van der Waals surface area contributed by atoms with Crippen LogP contribution in [-0.4, -0.2) is 31.1 Å². The Balaban J connectivity index is 1.83. The highest BCUT2D eigenvalue weighted by Gasteiger charge is 2.43. The fourth-order valence-electron chi connectivity index (χ4n) is 2.49. The third-order valence-corrected chi connectivity index (χ3v) is 3.75. The molecule has 0 aromatic carbocycles. The predicted molar refractivity (Wildman–Crippen MR) is 59.7 cm³/mol. The second-order valence-electron chi connectivity index (χ2n) is 5.27. The molecule has 16 heavy (non-hydrogen) atoms. The van der Waals surface area contributed by atoms with Gasteiger partial charge >= 0.3 is 0 Å². The van der Waals surface area contributed by atoms with Gasteiger partial charge in [0.2, 0.25) is 0 Å². The summed E-state index contributed by atoms with van der Waals surface area (Å²) in [5.74, 6) is 0.405. The standard InChI is InChI=1S/C12H19N3O/c1-12(9-13,10-4-5-10)14-11(16)8-15-6-2-3-7-15/h10H,2-8H2,1H3,(H,14,16)/p+1/t12-/m0/s1. The fourth-order valence-corrected chi connectivity index (χ4v) is 2.49. The first-order chi connectivity index (χ1) is 7.64. The molecule has 1 aliphatic heterocycles. The first kappa shape index (κ1) is 11.4. The number of nitrogens with zero attached hydrogens (tertiary/aromatic N) is 1. The molecule has 1 saturated heterocycles. The van der Waals surface area contributed by atoms with E-state index < -0.39 is 5.54 Å². The molecular formula is C12H20N3O+. The monoisotopic (exact) mass is 222 g/mol. The molecule has 0 spiro atoms. The lowest BCUT2D eigenvalue weighted by Crippen LogP contribution is -3.11. The van der Waals surface area contributed by atoms with Gasteiger partial charge in [0.1, 0.15) is 5.54 Å². The minimum absolute atomic E-state index is 0.0350. The van der Waals surface area contributed by atoms with E-state index >= 15 is 0 Å². The van der Waals surface area contributed by atoms with Crippen molar-refractivity contribution in [2.45, 2.75) is 38.1 Å². The number of rotatable bonds is 4. The van der Waals surface area contributed by atoms with Crippen molar-refractivity contribution >= 4 is 5.91 Å². The highest BCUT2D eigenvalue weighted by Crippen LogP contribution is 2.38. The largest absolute Gasteiger partial charge is 0.333 e. The number of quaternary nitrogens is 1. The van der Waals surface area contributed by atoms with Gasteiger partial charge in [-0.1, -0.05) is 0 Å². The molecular weight excluding hydrogens is 202 g/mol. The summed E-state index contributed by atoms with van der Waals surface area (Å²) in [5, 5.41) is 12.0. The lowest BCUT2D eigenvalue weighted by Gasteiger charge is -2.23. The van der Waals surface area contributed by atoms with Crippen molar-refractivity contribution in [2.75, 3.05) is 19.6 Å². The van der Waals surface area contributed by atoms with E-state index in [1.807, 2.05) is 6.92 Å². The SMILES string of the molecule is C[C@@](C#N)(NC(=O)C[NH+]1CCCC1)C1CC1. The van der Waals surface area contributed by atoms with Crippen LogP contribution in [-0.2, 0) is 4.79 Å². The molecule has 4 nitrogen and oxygen atoms in total. The molecule has 1 atom stereocenters. The van der Waals surface area contributed by atoms with Crippen molar-refractivity contribution in [3.63, 3.8) is 0 Å². The summed E-state index contributed by atoms with van der Waals surface area (Å²) in [6, 6.07) is 2.25. The van der Waals surface area contributed by atoms with Gasteiger partial charge in [-0.25, -0.2) is 0 Å². The number of hydrogen-bond donors (Lipinski definition) is 2.